The summed E-state index contributed by atoms with van der Waals surface area (Å²) < 4.78 is 5.58. The summed E-state index contributed by atoms with van der Waals surface area (Å²) in [5, 5.41) is 13.6. The van der Waals surface area contributed by atoms with Crippen LogP contribution in [-0.4, -0.2) is 23.4 Å². The van der Waals surface area contributed by atoms with Gasteiger partial charge in [-0.3, -0.25) is 0 Å². The molecule has 0 amide bonds. The van der Waals surface area contributed by atoms with Gasteiger partial charge in [-0.1, -0.05) is 31.5 Å². The van der Waals surface area contributed by atoms with Crippen LogP contribution in [0.3, 0.4) is 0 Å². The van der Waals surface area contributed by atoms with Gasteiger partial charge in [-0.25, -0.2) is 0 Å². The number of rotatable bonds is 7. The van der Waals surface area contributed by atoms with Crippen molar-refractivity contribution < 1.29 is 9.84 Å². The standard InChI is InChI=1S/C15H24ClNO2/c1-11(2)17-10-12-5-6-14(13(16)9-12)19-8-7-15(3,4)18/h5-6,9,11,17-18H,7-8,10H2,1-4H3. The van der Waals surface area contributed by atoms with E-state index >= 15 is 0 Å². The second kappa shape index (κ2) is 7.13. The van der Waals surface area contributed by atoms with Crippen LogP contribution in [0.25, 0.3) is 0 Å². The Labute approximate surface area is 120 Å². The number of nitrogens with one attached hydrogen (secondary N) is 1. The largest absolute Gasteiger partial charge is 0.492 e. The van der Waals surface area contributed by atoms with Gasteiger partial charge >= 0.3 is 0 Å². The number of ether oxygens (including phenoxy) is 1. The Kier molecular flexibility index (Phi) is 6.11. The normalized spacial score (nSPS) is 11.9. The molecule has 0 aliphatic rings. The summed E-state index contributed by atoms with van der Waals surface area (Å²) in [7, 11) is 0. The quantitative estimate of drug-likeness (QED) is 0.807. The molecule has 0 radical (unpaired) electrons. The summed E-state index contributed by atoms with van der Waals surface area (Å²) in [6.07, 6.45) is 0.569. The van der Waals surface area contributed by atoms with Gasteiger partial charge in [0.25, 0.3) is 0 Å². The first-order chi connectivity index (χ1) is 8.78. The van der Waals surface area contributed by atoms with E-state index < -0.39 is 5.60 Å². The smallest absolute Gasteiger partial charge is 0.137 e. The van der Waals surface area contributed by atoms with Gasteiger partial charge in [0, 0.05) is 19.0 Å². The SMILES string of the molecule is CC(C)NCc1ccc(OCCC(C)(C)O)c(Cl)c1. The van der Waals surface area contributed by atoms with E-state index in [2.05, 4.69) is 19.2 Å². The molecule has 1 aromatic carbocycles. The molecule has 4 heteroatoms. The van der Waals surface area contributed by atoms with E-state index in [9.17, 15) is 5.11 Å². The lowest BCUT2D eigenvalue weighted by molar-refractivity contribution is 0.0553. The van der Waals surface area contributed by atoms with E-state index in [0.29, 0.717) is 29.8 Å². The van der Waals surface area contributed by atoms with Crippen molar-refractivity contribution in [1.82, 2.24) is 5.32 Å². The molecule has 0 aliphatic heterocycles. The first kappa shape index (κ1) is 16.3. The molecule has 0 bridgehead atoms. The Morgan fingerprint density at radius 1 is 1.37 bits per heavy atom. The van der Waals surface area contributed by atoms with Crippen molar-refractivity contribution >= 4 is 11.6 Å². The van der Waals surface area contributed by atoms with Crippen molar-refractivity contribution in [2.75, 3.05) is 6.61 Å². The summed E-state index contributed by atoms with van der Waals surface area (Å²) >= 11 is 6.18. The Morgan fingerprint density at radius 3 is 2.58 bits per heavy atom. The lowest BCUT2D eigenvalue weighted by atomic mass is 10.1. The molecule has 0 spiro atoms. The minimum atomic E-state index is -0.715. The molecular weight excluding hydrogens is 262 g/mol. The van der Waals surface area contributed by atoms with Crippen molar-refractivity contribution in [3.05, 3.63) is 28.8 Å². The van der Waals surface area contributed by atoms with Gasteiger partial charge in [-0.2, -0.15) is 0 Å². The lowest BCUT2D eigenvalue weighted by Gasteiger charge is -2.17. The van der Waals surface area contributed by atoms with Gasteiger partial charge in [0.2, 0.25) is 0 Å². The first-order valence-electron chi connectivity index (χ1n) is 6.65. The third kappa shape index (κ3) is 6.81. The van der Waals surface area contributed by atoms with Gasteiger partial charge in [0.1, 0.15) is 5.75 Å². The molecule has 1 rings (SSSR count). The molecule has 2 N–H and O–H groups in total. The highest BCUT2D eigenvalue weighted by atomic mass is 35.5. The van der Waals surface area contributed by atoms with Gasteiger partial charge in [0.15, 0.2) is 0 Å². The highest BCUT2D eigenvalue weighted by Crippen LogP contribution is 2.26. The van der Waals surface area contributed by atoms with Crippen LogP contribution < -0.4 is 10.1 Å². The summed E-state index contributed by atoms with van der Waals surface area (Å²) in [5.41, 5.74) is 0.418. The molecule has 1 aromatic rings. The van der Waals surface area contributed by atoms with Crippen molar-refractivity contribution in [2.24, 2.45) is 0 Å². The predicted molar refractivity (Wildman–Crippen MR) is 79.8 cm³/mol. The molecule has 0 aromatic heterocycles. The Bertz CT molecular complexity index is 400. The third-order valence-electron chi connectivity index (χ3n) is 2.68. The van der Waals surface area contributed by atoms with E-state index in [0.717, 1.165) is 12.1 Å². The second-order valence-electron chi connectivity index (χ2n) is 5.71. The van der Waals surface area contributed by atoms with Crippen LogP contribution in [0.15, 0.2) is 18.2 Å². The number of hydrogen-bond acceptors (Lipinski definition) is 3. The zero-order valence-electron chi connectivity index (χ0n) is 12.2. The number of halogens is 1. The number of benzene rings is 1. The molecule has 0 fully saturated rings. The highest BCUT2D eigenvalue weighted by molar-refractivity contribution is 6.32. The van der Waals surface area contributed by atoms with Crippen LogP contribution in [0.2, 0.25) is 5.02 Å². The van der Waals surface area contributed by atoms with E-state index in [1.54, 1.807) is 13.8 Å². The average Bonchev–Trinajstić information content (AvgIpc) is 2.27. The zero-order chi connectivity index (χ0) is 14.5. The van der Waals surface area contributed by atoms with Crippen molar-refractivity contribution in [1.29, 1.82) is 0 Å². The second-order valence-corrected chi connectivity index (χ2v) is 6.12. The molecule has 108 valence electrons. The summed E-state index contributed by atoms with van der Waals surface area (Å²) in [4.78, 5) is 0. The van der Waals surface area contributed by atoms with Crippen LogP contribution in [0.5, 0.6) is 5.75 Å². The average molecular weight is 286 g/mol. The Hall–Kier alpha value is -0.770. The van der Waals surface area contributed by atoms with Crippen molar-refractivity contribution in [2.45, 2.75) is 52.3 Å². The van der Waals surface area contributed by atoms with E-state index in [1.165, 1.54) is 0 Å². The predicted octanol–water partition coefficient (Wildman–Crippen LogP) is 3.38. The minimum absolute atomic E-state index is 0.446. The summed E-state index contributed by atoms with van der Waals surface area (Å²) in [6.45, 7) is 8.98. The molecular formula is C15H24ClNO2. The maximum Gasteiger partial charge on any atom is 0.137 e. The topological polar surface area (TPSA) is 41.5 Å². The molecule has 0 heterocycles. The zero-order valence-corrected chi connectivity index (χ0v) is 12.9. The van der Waals surface area contributed by atoms with E-state index in [4.69, 9.17) is 16.3 Å². The molecule has 19 heavy (non-hydrogen) atoms. The molecule has 3 nitrogen and oxygen atoms in total. The maximum atomic E-state index is 9.61. The van der Waals surface area contributed by atoms with Gasteiger partial charge in [-0.05, 0) is 31.5 Å². The monoisotopic (exact) mass is 285 g/mol. The number of aliphatic hydroxyl groups is 1. The van der Waals surface area contributed by atoms with Gasteiger partial charge < -0.3 is 15.2 Å². The van der Waals surface area contributed by atoms with Crippen LogP contribution in [0.4, 0.5) is 0 Å². The van der Waals surface area contributed by atoms with Gasteiger partial charge in [0.05, 0.1) is 17.2 Å². The molecule has 0 atom stereocenters. The first-order valence-corrected chi connectivity index (χ1v) is 7.03. The summed E-state index contributed by atoms with van der Waals surface area (Å²) in [5.74, 6) is 0.666. The Balaban J connectivity index is 2.52. The van der Waals surface area contributed by atoms with E-state index in [1.807, 2.05) is 18.2 Å². The summed E-state index contributed by atoms with van der Waals surface area (Å²) in [6, 6.07) is 6.24. The van der Waals surface area contributed by atoms with E-state index in [-0.39, 0.29) is 0 Å². The van der Waals surface area contributed by atoms with Crippen LogP contribution >= 0.6 is 11.6 Å². The Morgan fingerprint density at radius 2 is 2.05 bits per heavy atom. The van der Waals surface area contributed by atoms with Crippen LogP contribution in [-0.2, 0) is 6.54 Å². The fourth-order valence-corrected chi connectivity index (χ4v) is 1.76. The van der Waals surface area contributed by atoms with Crippen LogP contribution in [0, 0.1) is 0 Å². The fourth-order valence-electron chi connectivity index (χ4n) is 1.50. The van der Waals surface area contributed by atoms with Crippen LogP contribution in [0.1, 0.15) is 39.7 Å². The minimum Gasteiger partial charge on any atom is -0.492 e. The van der Waals surface area contributed by atoms with Crippen molar-refractivity contribution in [3.63, 3.8) is 0 Å². The highest BCUT2D eigenvalue weighted by Gasteiger charge is 2.12. The van der Waals surface area contributed by atoms with Crippen molar-refractivity contribution in [3.8, 4) is 5.75 Å². The maximum absolute atomic E-state index is 9.61. The third-order valence-corrected chi connectivity index (χ3v) is 2.98. The lowest BCUT2D eigenvalue weighted by Crippen LogP contribution is -2.22. The van der Waals surface area contributed by atoms with Gasteiger partial charge in [-0.15, -0.1) is 0 Å². The molecule has 0 unspecified atom stereocenters. The molecule has 0 saturated carbocycles. The fraction of sp³-hybridized carbons (Fsp3) is 0.600. The number of hydrogen-bond donors (Lipinski definition) is 2. The molecule has 0 aliphatic carbocycles. The molecule has 0 saturated heterocycles.